The third-order valence-corrected chi connectivity index (χ3v) is 4.06. The molecule has 3 rings (SSSR count). The highest BCUT2D eigenvalue weighted by atomic mass is 16.2. The minimum Gasteiger partial charge on any atom is -0.342 e. The number of amides is 4. The second-order valence-corrected chi connectivity index (χ2v) is 5.68. The highest BCUT2D eigenvalue weighted by molar-refractivity contribution is 6.05. The molecular formula is C14H17N5O4. The Morgan fingerprint density at radius 1 is 1.26 bits per heavy atom. The standard InChI is InChI=1S/C14H17N5O4/c1-7-15-9-3-5-19(4-2-8(9)12(21)16-7)11(20)6-10-13(22)18-14(23)17-10/h10H,2-6H2,1H3,(H,15,16,21)(H2,17,18,22,23)/t10-/m1/s1. The molecule has 2 aliphatic heterocycles. The highest BCUT2D eigenvalue weighted by Crippen LogP contribution is 2.12. The molecule has 0 aromatic carbocycles. The molecule has 1 fully saturated rings. The maximum atomic E-state index is 12.4. The van der Waals surface area contributed by atoms with Gasteiger partial charge in [-0.05, 0) is 13.3 Å². The van der Waals surface area contributed by atoms with E-state index in [9.17, 15) is 19.2 Å². The zero-order valence-electron chi connectivity index (χ0n) is 12.6. The summed E-state index contributed by atoms with van der Waals surface area (Å²) in [6.45, 7) is 2.54. The van der Waals surface area contributed by atoms with E-state index in [1.54, 1.807) is 11.8 Å². The summed E-state index contributed by atoms with van der Waals surface area (Å²) in [6.07, 6.45) is 0.832. The maximum Gasteiger partial charge on any atom is 0.322 e. The lowest BCUT2D eigenvalue weighted by molar-refractivity contribution is -0.133. The maximum absolute atomic E-state index is 12.4. The number of imide groups is 1. The first kappa shape index (κ1) is 15.2. The van der Waals surface area contributed by atoms with E-state index in [4.69, 9.17) is 0 Å². The fraction of sp³-hybridized carbons (Fsp3) is 0.500. The lowest BCUT2D eigenvalue weighted by Crippen LogP contribution is -2.40. The fourth-order valence-corrected chi connectivity index (χ4v) is 2.89. The number of aromatic amines is 1. The Morgan fingerprint density at radius 2 is 2.00 bits per heavy atom. The predicted molar refractivity (Wildman–Crippen MR) is 78.7 cm³/mol. The largest absolute Gasteiger partial charge is 0.342 e. The van der Waals surface area contributed by atoms with Crippen molar-refractivity contribution in [2.45, 2.75) is 32.2 Å². The van der Waals surface area contributed by atoms with Gasteiger partial charge in [-0.1, -0.05) is 0 Å². The van der Waals surface area contributed by atoms with E-state index >= 15 is 0 Å². The van der Waals surface area contributed by atoms with Gasteiger partial charge >= 0.3 is 6.03 Å². The van der Waals surface area contributed by atoms with Gasteiger partial charge in [0, 0.05) is 25.1 Å². The molecule has 2 aliphatic rings. The van der Waals surface area contributed by atoms with Crippen molar-refractivity contribution in [2.24, 2.45) is 0 Å². The van der Waals surface area contributed by atoms with Crippen molar-refractivity contribution < 1.29 is 14.4 Å². The normalized spacial score (nSPS) is 20.6. The molecule has 1 aromatic heterocycles. The van der Waals surface area contributed by atoms with Gasteiger partial charge in [0.25, 0.3) is 11.5 Å². The molecule has 3 N–H and O–H groups in total. The van der Waals surface area contributed by atoms with Crippen LogP contribution < -0.4 is 16.2 Å². The lowest BCUT2D eigenvalue weighted by Gasteiger charge is -2.21. The van der Waals surface area contributed by atoms with Crippen molar-refractivity contribution in [2.75, 3.05) is 13.1 Å². The van der Waals surface area contributed by atoms with Crippen LogP contribution in [0.1, 0.15) is 23.5 Å². The molecule has 0 bridgehead atoms. The number of nitrogens with one attached hydrogen (secondary N) is 3. The first-order valence-corrected chi connectivity index (χ1v) is 7.42. The molecule has 23 heavy (non-hydrogen) atoms. The van der Waals surface area contributed by atoms with E-state index in [0.717, 1.165) is 0 Å². The minimum absolute atomic E-state index is 0.0866. The van der Waals surface area contributed by atoms with E-state index < -0.39 is 18.0 Å². The molecule has 1 aromatic rings. The highest BCUT2D eigenvalue weighted by Gasteiger charge is 2.33. The van der Waals surface area contributed by atoms with Crippen LogP contribution in [0.2, 0.25) is 0 Å². The summed E-state index contributed by atoms with van der Waals surface area (Å²) >= 11 is 0. The predicted octanol–water partition coefficient (Wildman–Crippen LogP) is -1.40. The number of aryl methyl sites for hydroxylation is 1. The molecule has 0 aliphatic carbocycles. The Labute approximate surface area is 131 Å². The van der Waals surface area contributed by atoms with E-state index in [2.05, 4.69) is 20.6 Å². The number of hydrogen-bond donors (Lipinski definition) is 3. The van der Waals surface area contributed by atoms with Gasteiger partial charge in [0.05, 0.1) is 12.1 Å². The molecular weight excluding hydrogens is 302 g/mol. The van der Waals surface area contributed by atoms with E-state index in [1.807, 2.05) is 0 Å². The number of hydrogen-bond acceptors (Lipinski definition) is 5. The Morgan fingerprint density at radius 3 is 2.70 bits per heavy atom. The summed E-state index contributed by atoms with van der Waals surface area (Å²) in [4.78, 5) is 55.5. The fourth-order valence-electron chi connectivity index (χ4n) is 2.89. The SMILES string of the molecule is Cc1nc2c(c(=O)[nH]1)CCN(C(=O)C[C@H]1NC(=O)NC1=O)CC2. The van der Waals surface area contributed by atoms with Gasteiger partial charge in [0.2, 0.25) is 5.91 Å². The molecule has 0 saturated carbocycles. The van der Waals surface area contributed by atoms with Crippen LogP contribution in [0.3, 0.4) is 0 Å². The smallest absolute Gasteiger partial charge is 0.322 e. The van der Waals surface area contributed by atoms with Gasteiger partial charge in [-0.3, -0.25) is 19.7 Å². The van der Waals surface area contributed by atoms with Crippen LogP contribution in [-0.4, -0.2) is 51.8 Å². The van der Waals surface area contributed by atoms with Gasteiger partial charge in [0.1, 0.15) is 11.9 Å². The number of urea groups is 1. The molecule has 1 saturated heterocycles. The van der Waals surface area contributed by atoms with Crippen molar-refractivity contribution in [3.05, 3.63) is 27.4 Å². The third kappa shape index (κ3) is 3.08. The molecule has 0 spiro atoms. The van der Waals surface area contributed by atoms with Gasteiger partial charge in [0.15, 0.2) is 0 Å². The average molecular weight is 319 g/mol. The van der Waals surface area contributed by atoms with E-state index in [0.29, 0.717) is 43.0 Å². The summed E-state index contributed by atoms with van der Waals surface area (Å²) in [5.74, 6) is -0.164. The van der Waals surface area contributed by atoms with Crippen LogP contribution in [0.15, 0.2) is 4.79 Å². The average Bonchev–Trinajstić information content (AvgIpc) is 2.68. The first-order chi connectivity index (χ1) is 10.9. The van der Waals surface area contributed by atoms with Crippen LogP contribution >= 0.6 is 0 Å². The molecule has 3 heterocycles. The summed E-state index contributed by atoms with van der Waals surface area (Å²) < 4.78 is 0. The number of fused-ring (bicyclic) bond motifs is 1. The van der Waals surface area contributed by atoms with Gasteiger partial charge in [-0.2, -0.15) is 0 Å². The minimum atomic E-state index is -0.829. The Bertz CT molecular complexity index is 741. The Kier molecular flexibility index (Phi) is 3.85. The number of carbonyl (C=O) groups is 3. The lowest BCUT2D eigenvalue weighted by atomic mass is 10.1. The number of nitrogens with zero attached hydrogens (tertiary/aromatic N) is 2. The summed E-state index contributed by atoms with van der Waals surface area (Å²) in [5, 5.41) is 4.51. The van der Waals surface area contributed by atoms with Crippen molar-refractivity contribution in [3.8, 4) is 0 Å². The topological polar surface area (TPSA) is 124 Å². The van der Waals surface area contributed by atoms with Crippen LogP contribution in [-0.2, 0) is 22.4 Å². The molecule has 122 valence electrons. The van der Waals surface area contributed by atoms with Crippen molar-refractivity contribution in [1.29, 1.82) is 0 Å². The summed E-state index contributed by atoms with van der Waals surface area (Å²) in [6, 6.07) is -1.41. The number of rotatable bonds is 2. The molecule has 1 atom stereocenters. The van der Waals surface area contributed by atoms with Gasteiger partial charge in [-0.25, -0.2) is 9.78 Å². The van der Waals surface area contributed by atoms with E-state index in [1.165, 1.54) is 0 Å². The second-order valence-electron chi connectivity index (χ2n) is 5.68. The van der Waals surface area contributed by atoms with Crippen molar-refractivity contribution >= 4 is 17.8 Å². The van der Waals surface area contributed by atoms with E-state index in [-0.39, 0.29) is 17.9 Å². The zero-order chi connectivity index (χ0) is 16.6. The first-order valence-electron chi connectivity index (χ1n) is 7.42. The third-order valence-electron chi connectivity index (χ3n) is 4.06. The Hall–Kier alpha value is -2.71. The number of aromatic nitrogens is 2. The molecule has 9 heteroatoms. The zero-order valence-corrected chi connectivity index (χ0v) is 12.6. The number of carbonyl (C=O) groups excluding carboxylic acids is 3. The second kappa shape index (κ2) is 5.82. The summed E-state index contributed by atoms with van der Waals surface area (Å²) in [7, 11) is 0. The van der Waals surface area contributed by atoms with Crippen LogP contribution in [0.4, 0.5) is 4.79 Å². The molecule has 9 nitrogen and oxygen atoms in total. The quantitative estimate of drug-likeness (QED) is 0.579. The molecule has 4 amide bonds. The Balaban J connectivity index is 1.68. The molecule has 0 unspecified atom stereocenters. The summed E-state index contributed by atoms with van der Waals surface area (Å²) in [5.41, 5.74) is 1.16. The van der Waals surface area contributed by atoms with Crippen molar-refractivity contribution in [1.82, 2.24) is 25.5 Å². The molecule has 0 radical (unpaired) electrons. The van der Waals surface area contributed by atoms with Crippen LogP contribution in [0.25, 0.3) is 0 Å². The van der Waals surface area contributed by atoms with Gasteiger partial charge in [-0.15, -0.1) is 0 Å². The number of H-pyrrole nitrogens is 1. The van der Waals surface area contributed by atoms with Crippen LogP contribution in [0.5, 0.6) is 0 Å². The monoisotopic (exact) mass is 319 g/mol. The van der Waals surface area contributed by atoms with Crippen molar-refractivity contribution in [3.63, 3.8) is 0 Å². The van der Waals surface area contributed by atoms with Gasteiger partial charge < -0.3 is 15.2 Å². The van der Waals surface area contributed by atoms with Crippen LogP contribution in [0, 0.1) is 6.92 Å².